The SMILES string of the molecule is C=C1Oc2cc(CCCCC)cc(OCN(C(=O)OC)c3ccccc3)c2[C@@H]2C=C(C)CC[C@@H]12. The van der Waals surface area contributed by atoms with Crippen molar-refractivity contribution in [2.45, 2.75) is 58.3 Å². The fourth-order valence-corrected chi connectivity index (χ4v) is 4.93. The summed E-state index contributed by atoms with van der Waals surface area (Å²) in [5.41, 5.74) is 4.32. The number of hydrogen-bond acceptors (Lipinski definition) is 4. The lowest BCUT2D eigenvalue weighted by Crippen LogP contribution is -2.35. The number of fused-ring (bicyclic) bond motifs is 3. The average Bonchev–Trinajstić information content (AvgIpc) is 2.84. The minimum Gasteiger partial charge on any atom is -0.472 e. The van der Waals surface area contributed by atoms with Crippen LogP contribution in [0.5, 0.6) is 11.5 Å². The van der Waals surface area contributed by atoms with Gasteiger partial charge in [-0.25, -0.2) is 9.69 Å². The summed E-state index contributed by atoms with van der Waals surface area (Å²) in [6, 6.07) is 13.7. The second-order valence-electron chi connectivity index (χ2n) is 9.22. The van der Waals surface area contributed by atoms with E-state index in [2.05, 4.69) is 38.6 Å². The van der Waals surface area contributed by atoms with Gasteiger partial charge in [-0.05, 0) is 62.4 Å². The quantitative estimate of drug-likeness (QED) is 0.234. The van der Waals surface area contributed by atoms with Gasteiger partial charge in [0.15, 0.2) is 6.73 Å². The molecule has 5 nitrogen and oxygen atoms in total. The Morgan fingerprint density at radius 1 is 1.21 bits per heavy atom. The van der Waals surface area contributed by atoms with Gasteiger partial charge in [0.25, 0.3) is 0 Å². The molecule has 2 aromatic rings. The molecule has 180 valence electrons. The Labute approximate surface area is 203 Å². The van der Waals surface area contributed by atoms with Gasteiger partial charge in [0.2, 0.25) is 0 Å². The van der Waals surface area contributed by atoms with Gasteiger partial charge in [-0.1, -0.05) is 56.2 Å². The van der Waals surface area contributed by atoms with Gasteiger partial charge < -0.3 is 14.2 Å². The van der Waals surface area contributed by atoms with Crippen LogP contribution >= 0.6 is 0 Å². The molecule has 0 N–H and O–H groups in total. The Bertz CT molecular complexity index is 1060. The number of unbranched alkanes of at least 4 members (excludes halogenated alkanes) is 2. The van der Waals surface area contributed by atoms with Crippen LogP contribution in [-0.4, -0.2) is 19.9 Å². The second-order valence-corrected chi connectivity index (χ2v) is 9.22. The van der Waals surface area contributed by atoms with Gasteiger partial charge in [-0.15, -0.1) is 0 Å². The van der Waals surface area contributed by atoms with E-state index < -0.39 is 6.09 Å². The largest absolute Gasteiger partial charge is 0.472 e. The van der Waals surface area contributed by atoms with Gasteiger partial charge in [-0.2, -0.15) is 0 Å². The van der Waals surface area contributed by atoms with Crippen molar-refractivity contribution in [1.29, 1.82) is 0 Å². The minimum absolute atomic E-state index is 0.0442. The lowest BCUT2D eigenvalue weighted by molar-refractivity contribution is 0.170. The van der Waals surface area contributed by atoms with E-state index in [4.69, 9.17) is 14.2 Å². The first-order valence-corrected chi connectivity index (χ1v) is 12.3. The third-order valence-corrected chi connectivity index (χ3v) is 6.78. The summed E-state index contributed by atoms with van der Waals surface area (Å²) in [6.45, 7) is 8.68. The molecule has 0 spiro atoms. The first kappa shape index (κ1) is 23.9. The van der Waals surface area contributed by atoms with Crippen molar-refractivity contribution in [1.82, 2.24) is 0 Å². The van der Waals surface area contributed by atoms with Gasteiger partial charge in [0, 0.05) is 17.4 Å². The summed E-state index contributed by atoms with van der Waals surface area (Å²) in [5, 5.41) is 0. The zero-order valence-electron chi connectivity index (χ0n) is 20.5. The van der Waals surface area contributed by atoms with Gasteiger partial charge >= 0.3 is 6.09 Å². The van der Waals surface area contributed by atoms with Crippen LogP contribution in [0.1, 0.15) is 63.0 Å². The molecule has 2 aliphatic rings. The van der Waals surface area contributed by atoms with E-state index in [0.29, 0.717) is 0 Å². The van der Waals surface area contributed by atoms with Gasteiger partial charge in [-0.3, -0.25) is 0 Å². The highest BCUT2D eigenvalue weighted by atomic mass is 16.6. The molecule has 34 heavy (non-hydrogen) atoms. The van der Waals surface area contributed by atoms with E-state index in [1.165, 1.54) is 36.0 Å². The summed E-state index contributed by atoms with van der Waals surface area (Å²) >= 11 is 0. The molecule has 1 heterocycles. The lowest BCUT2D eigenvalue weighted by Gasteiger charge is -2.37. The number of nitrogens with zero attached hydrogens (tertiary/aromatic N) is 1. The van der Waals surface area contributed by atoms with Crippen LogP contribution in [0.4, 0.5) is 10.5 Å². The zero-order chi connectivity index (χ0) is 24.1. The molecule has 1 amide bonds. The van der Waals surface area contributed by atoms with Crippen LogP contribution in [0.3, 0.4) is 0 Å². The highest BCUT2D eigenvalue weighted by molar-refractivity contribution is 5.87. The molecule has 0 fully saturated rings. The summed E-state index contributed by atoms with van der Waals surface area (Å²) in [4.78, 5) is 14.1. The molecule has 0 saturated heterocycles. The summed E-state index contributed by atoms with van der Waals surface area (Å²) < 4.78 is 17.7. The fraction of sp³-hybridized carbons (Fsp3) is 0.414. The standard InChI is InChI=1S/C29H35NO4/c1-5-6-8-11-22-17-26(33-19-30(29(31)32-4)23-12-9-7-10-13-23)28-25-16-20(2)14-15-24(25)21(3)34-27(28)18-22/h7,9-10,12-13,16-18,24-25H,3,5-6,8,11,14-15,19H2,1-2,4H3/t24-,25+/m0/s1. The van der Waals surface area contributed by atoms with Crippen LogP contribution in [-0.2, 0) is 11.2 Å². The number of methoxy groups -OCH3 is 1. The smallest absolute Gasteiger partial charge is 0.416 e. The highest BCUT2D eigenvalue weighted by Crippen LogP contribution is 2.51. The molecule has 2 atom stereocenters. The molecule has 2 aromatic carbocycles. The maximum Gasteiger partial charge on any atom is 0.416 e. The minimum atomic E-state index is -0.463. The molecular weight excluding hydrogens is 426 g/mol. The number of hydrogen-bond donors (Lipinski definition) is 0. The molecule has 0 aromatic heterocycles. The van der Waals surface area contributed by atoms with Crippen molar-refractivity contribution in [3.63, 3.8) is 0 Å². The van der Waals surface area contributed by atoms with Crippen LogP contribution in [0, 0.1) is 5.92 Å². The number of carbonyl (C=O) groups is 1. The second kappa shape index (κ2) is 10.8. The number of rotatable bonds is 8. The third-order valence-electron chi connectivity index (χ3n) is 6.78. The van der Waals surface area contributed by atoms with E-state index in [0.717, 1.165) is 54.2 Å². The predicted octanol–water partition coefficient (Wildman–Crippen LogP) is 7.37. The topological polar surface area (TPSA) is 48.0 Å². The average molecular weight is 462 g/mol. The van der Waals surface area contributed by atoms with Crippen LogP contribution < -0.4 is 14.4 Å². The molecular formula is C29H35NO4. The van der Waals surface area contributed by atoms with E-state index >= 15 is 0 Å². The highest BCUT2D eigenvalue weighted by Gasteiger charge is 2.37. The van der Waals surface area contributed by atoms with Crippen molar-refractivity contribution in [3.05, 3.63) is 77.6 Å². The summed E-state index contributed by atoms with van der Waals surface area (Å²) in [5.74, 6) is 2.81. The number of amides is 1. The first-order valence-electron chi connectivity index (χ1n) is 12.3. The van der Waals surface area contributed by atoms with Crippen LogP contribution in [0.15, 0.2) is 66.5 Å². The van der Waals surface area contributed by atoms with Gasteiger partial charge in [0.1, 0.15) is 17.3 Å². The molecule has 0 saturated carbocycles. The third kappa shape index (κ3) is 5.14. The molecule has 1 aliphatic carbocycles. The molecule has 1 aliphatic heterocycles. The van der Waals surface area contributed by atoms with Gasteiger partial charge in [0.05, 0.1) is 12.8 Å². The molecule has 4 rings (SSSR count). The van der Waals surface area contributed by atoms with E-state index in [-0.39, 0.29) is 18.6 Å². The molecule has 0 radical (unpaired) electrons. The van der Waals surface area contributed by atoms with Crippen molar-refractivity contribution >= 4 is 11.8 Å². The lowest BCUT2D eigenvalue weighted by atomic mass is 9.74. The Hall–Kier alpha value is -3.21. The number of para-hydroxylation sites is 1. The van der Waals surface area contributed by atoms with E-state index in [1.54, 1.807) is 0 Å². The number of ether oxygens (including phenoxy) is 3. The maximum atomic E-state index is 12.6. The number of allylic oxidation sites excluding steroid dienone is 3. The van der Waals surface area contributed by atoms with Crippen molar-refractivity contribution in [2.75, 3.05) is 18.7 Å². The monoisotopic (exact) mass is 461 g/mol. The maximum absolute atomic E-state index is 12.6. The predicted molar refractivity (Wildman–Crippen MR) is 135 cm³/mol. The summed E-state index contributed by atoms with van der Waals surface area (Å²) in [7, 11) is 1.38. The summed E-state index contributed by atoms with van der Waals surface area (Å²) in [6.07, 6.45) is 8.34. The van der Waals surface area contributed by atoms with Crippen molar-refractivity contribution in [2.24, 2.45) is 5.92 Å². The fourth-order valence-electron chi connectivity index (χ4n) is 4.93. The number of aryl methyl sites for hydroxylation is 1. The zero-order valence-corrected chi connectivity index (χ0v) is 20.5. The Morgan fingerprint density at radius 2 is 2.00 bits per heavy atom. The van der Waals surface area contributed by atoms with E-state index in [1.807, 2.05) is 30.3 Å². The van der Waals surface area contributed by atoms with Crippen LogP contribution in [0.2, 0.25) is 0 Å². The molecule has 0 bridgehead atoms. The Morgan fingerprint density at radius 3 is 2.74 bits per heavy atom. The Kier molecular flexibility index (Phi) is 7.61. The Balaban J connectivity index is 1.70. The van der Waals surface area contributed by atoms with Crippen molar-refractivity contribution in [3.8, 4) is 11.5 Å². The normalized spacial score (nSPS) is 18.8. The molecule has 0 unspecified atom stereocenters. The number of anilines is 1. The van der Waals surface area contributed by atoms with Crippen LogP contribution in [0.25, 0.3) is 0 Å². The number of carbonyl (C=O) groups excluding carboxylic acids is 1. The first-order chi connectivity index (χ1) is 16.5. The number of benzene rings is 2. The molecule has 5 heteroatoms. The van der Waals surface area contributed by atoms with E-state index in [9.17, 15) is 4.79 Å². The van der Waals surface area contributed by atoms with Crippen molar-refractivity contribution < 1.29 is 19.0 Å².